The number of aryl methyl sites for hydroxylation is 1. The molecule has 3 rings (SSSR count). The summed E-state index contributed by atoms with van der Waals surface area (Å²) in [4.78, 5) is 0. The van der Waals surface area contributed by atoms with Gasteiger partial charge in [0.2, 0.25) is 0 Å². The fourth-order valence-electron chi connectivity index (χ4n) is 2.68. The molecule has 0 saturated carbocycles. The highest BCUT2D eigenvalue weighted by molar-refractivity contribution is 7.55. The molecule has 0 amide bonds. The molecule has 2 unspecified atom stereocenters. The number of benzene rings is 2. The zero-order chi connectivity index (χ0) is 14.7. The van der Waals surface area contributed by atoms with Crippen molar-refractivity contribution in [2.45, 2.75) is 25.7 Å². The Hall–Kier alpha value is -1.65. The topological polar surface area (TPSA) is 0 Å². The van der Waals surface area contributed by atoms with Crippen molar-refractivity contribution in [2.24, 2.45) is 0 Å². The lowest BCUT2D eigenvalue weighted by Crippen LogP contribution is -2.19. The van der Waals surface area contributed by atoms with Crippen LogP contribution in [0.5, 0.6) is 0 Å². The van der Waals surface area contributed by atoms with Crippen molar-refractivity contribution in [1.29, 1.82) is 0 Å². The first-order chi connectivity index (χ1) is 10.2. The molecule has 0 nitrogen and oxygen atoms in total. The Bertz CT molecular complexity index is 662. The van der Waals surface area contributed by atoms with Crippen LogP contribution >= 0.6 is 8.58 Å². The average Bonchev–Trinajstić information content (AvgIpc) is 2.51. The van der Waals surface area contributed by atoms with Gasteiger partial charge in [-0.15, -0.1) is 0 Å². The molecule has 0 aliphatic heterocycles. The van der Waals surface area contributed by atoms with Gasteiger partial charge in [-0.1, -0.05) is 93.9 Å². The first kappa shape index (κ1) is 14.3. The largest absolute Gasteiger partial charge is 0.0834 e. The van der Waals surface area contributed by atoms with Gasteiger partial charge in [0.1, 0.15) is 0 Å². The van der Waals surface area contributed by atoms with Crippen LogP contribution in [0.2, 0.25) is 0 Å². The van der Waals surface area contributed by atoms with E-state index in [2.05, 4.69) is 86.7 Å². The third-order valence-electron chi connectivity index (χ3n) is 4.14. The van der Waals surface area contributed by atoms with E-state index in [1.54, 1.807) is 0 Å². The Morgan fingerprint density at radius 2 is 1.48 bits per heavy atom. The Kier molecular flexibility index (Phi) is 4.08. The second-order valence-electron chi connectivity index (χ2n) is 5.98. The summed E-state index contributed by atoms with van der Waals surface area (Å²) in [5, 5.41) is 2.81. The van der Waals surface area contributed by atoms with Crippen molar-refractivity contribution in [3.05, 3.63) is 84.0 Å². The van der Waals surface area contributed by atoms with Crippen molar-refractivity contribution in [3.63, 3.8) is 0 Å². The van der Waals surface area contributed by atoms with Gasteiger partial charge in [-0.2, -0.15) is 0 Å². The number of rotatable bonds is 3. The predicted molar refractivity (Wildman–Crippen MR) is 95.5 cm³/mol. The van der Waals surface area contributed by atoms with E-state index in [1.165, 1.54) is 21.7 Å². The van der Waals surface area contributed by atoms with Crippen molar-refractivity contribution in [1.82, 2.24) is 0 Å². The van der Waals surface area contributed by atoms with Gasteiger partial charge >= 0.3 is 0 Å². The summed E-state index contributed by atoms with van der Waals surface area (Å²) >= 11 is 0. The quantitative estimate of drug-likeness (QED) is 0.736. The highest BCUT2D eigenvalue weighted by atomic mass is 31.1. The Morgan fingerprint density at radius 1 is 0.857 bits per heavy atom. The summed E-state index contributed by atoms with van der Waals surface area (Å²) < 4.78 is 0. The van der Waals surface area contributed by atoms with Gasteiger partial charge < -0.3 is 0 Å². The summed E-state index contributed by atoms with van der Waals surface area (Å²) in [5.41, 5.74) is 2.88. The zero-order valence-corrected chi connectivity index (χ0v) is 13.6. The van der Waals surface area contributed by atoms with Gasteiger partial charge in [-0.05, 0) is 29.5 Å². The molecular weight excluding hydrogens is 271 g/mol. The van der Waals surface area contributed by atoms with Crippen LogP contribution in [0.3, 0.4) is 0 Å². The molecule has 2 aromatic carbocycles. The number of allylic oxidation sites excluding steroid dienone is 4. The van der Waals surface area contributed by atoms with E-state index in [1.807, 2.05) is 0 Å². The summed E-state index contributed by atoms with van der Waals surface area (Å²) in [6.07, 6.45) is 9.94. The van der Waals surface area contributed by atoms with Gasteiger partial charge in [0.25, 0.3) is 0 Å². The average molecular weight is 292 g/mol. The normalized spacial score (nSPS) is 21.2. The predicted octanol–water partition coefficient (Wildman–Crippen LogP) is 4.40. The summed E-state index contributed by atoms with van der Waals surface area (Å²) in [6, 6.07) is 18.0. The van der Waals surface area contributed by atoms with Crippen molar-refractivity contribution in [2.75, 3.05) is 0 Å². The molecule has 106 valence electrons. The lowest BCUT2D eigenvalue weighted by atomic mass is 9.77. The first-order valence-corrected chi connectivity index (χ1v) is 8.44. The third-order valence-corrected chi connectivity index (χ3v) is 5.38. The minimum atomic E-state index is 0.153. The van der Waals surface area contributed by atoms with E-state index in [0.29, 0.717) is 0 Å². The molecular formula is C20H21P. The summed E-state index contributed by atoms with van der Waals surface area (Å²) in [7, 11) is 0.736. The highest BCUT2D eigenvalue weighted by Gasteiger charge is 2.22. The fraction of sp³-hybridized carbons (Fsp3) is 0.200. The molecule has 0 N–H and O–H groups in total. The molecule has 0 radical (unpaired) electrons. The van der Waals surface area contributed by atoms with E-state index in [4.69, 9.17) is 0 Å². The molecule has 0 aromatic heterocycles. The molecule has 1 aliphatic rings. The summed E-state index contributed by atoms with van der Waals surface area (Å²) in [6.45, 7) is 4.44. The first-order valence-electron chi connectivity index (χ1n) is 7.44. The van der Waals surface area contributed by atoms with Gasteiger partial charge in [0.15, 0.2) is 0 Å². The molecule has 0 fully saturated rings. The van der Waals surface area contributed by atoms with Crippen LogP contribution in [0, 0.1) is 6.92 Å². The molecule has 0 bridgehead atoms. The Morgan fingerprint density at radius 3 is 2.05 bits per heavy atom. The maximum absolute atomic E-state index is 2.31. The van der Waals surface area contributed by atoms with Crippen molar-refractivity contribution < 1.29 is 0 Å². The zero-order valence-electron chi connectivity index (χ0n) is 12.6. The SMILES string of the molecule is Cc1ccc(Pc2ccc(C3(C)C=CC=CC3)cc2)cc1. The Balaban J connectivity index is 1.76. The number of hydrogen-bond donors (Lipinski definition) is 0. The van der Waals surface area contributed by atoms with Crippen LogP contribution in [0.4, 0.5) is 0 Å². The maximum Gasteiger partial charge on any atom is 0.0141 e. The second kappa shape index (κ2) is 6.00. The monoisotopic (exact) mass is 292 g/mol. The molecule has 0 spiro atoms. The molecule has 1 heteroatoms. The summed E-state index contributed by atoms with van der Waals surface area (Å²) in [5.74, 6) is 0. The molecule has 21 heavy (non-hydrogen) atoms. The molecule has 1 aliphatic carbocycles. The highest BCUT2D eigenvalue weighted by Crippen LogP contribution is 2.31. The van der Waals surface area contributed by atoms with Crippen LogP contribution < -0.4 is 10.6 Å². The van der Waals surface area contributed by atoms with Gasteiger partial charge in [0, 0.05) is 5.41 Å². The van der Waals surface area contributed by atoms with E-state index in [9.17, 15) is 0 Å². The van der Waals surface area contributed by atoms with Crippen LogP contribution in [0.1, 0.15) is 24.5 Å². The number of hydrogen-bond acceptors (Lipinski definition) is 0. The van der Waals surface area contributed by atoms with E-state index >= 15 is 0 Å². The molecule has 0 saturated heterocycles. The van der Waals surface area contributed by atoms with Crippen molar-refractivity contribution >= 4 is 19.2 Å². The van der Waals surface area contributed by atoms with Crippen molar-refractivity contribution in [3.8, 4) is 0 Å². The van der Waals surface area contributed by atoms with Crippen LogP contribution in [0.25, 0.3) is 0 Å². The lowest BCUT2D eigenvalue weighted by molar-refractivity contribution is 0.600. The van der Waals surface area contributed by atoms with Gasteiger partial charge in [-0.25, -0.2) is 0 Å². The van der Waals surface area contributed by atoms with E-state index in [0.717, 1.165) is 15.0 Å². The standard InChI is InChI=1S/C20H21P/c1-16-6-10-18(11-7-16)21-19-12-8-17(9-13-19)20(2)14-4-3-5-15-20/h3-14,21H,15H2,1-2H3. The molecule has 2 atom stereocenters. The van der Waals surface area contributed by atoms with Crippen LogP contribution in [0.15, 0.2) is 72.8 Å². The third kappa shape index (κ3) is 3.34. The maximum atomic E-state index is 2.31. The van der Waals surface area contributed by atoms with Gasteiger partial charge in [-0.3, -0.25) is 0 Å². The van der Waals surface area contributed by atoms with E-state index < -0.39 is 0 Å². The minimum absolute atomic E-state index is 0.153. The van der Waals surface area contributed by atoms with E-state index in [-0.39, 0.29) is 5.41 Å². The fourth-order valence-corrected chi connectivity index (χ4v) is 3.68. The molecule has 0 heterocycles. The van der Waals surface area contributed by atoms with Crippen LogP contribution in [-0.4, -0.2) is 0 Å². The minimum Gasteiger partial charge on any atom is -0.0834 e. The molecule has 2 aromatic rings. The van der Waals surface area contributed by atoms with Gasteiger partial charge in [0.05, 0.1) is 0 Å². The lowest BCUT2D eigenvalue weighted by Gasteiger charge is -2.27. The second-order valence-corrected chi connectivity index (χ2v) is 7.38. The Labute approximate surface area is 129 Å². The smallest absolute Gasteiger partial charge is 0.0141 e. The van der Waals surface area contributed by atoms with Crippen LogP contribution in [-0.2, 0) is 5.41 Å².